The van der Waals surface area contributed by atoms with Crippen molar-refractivity contribution in [2.75, 3.05) is 0 Å². The maximum atomic E-state index is 11.5. The smallest absolute Gasteiger partial charge is 0.326 e. The van der Waals surface area contributed by atoms with Crippen molar-refractivity contribution >= 4 is 27.9 Å². The van der Waals surface area contributed by atoms with E-state index in [4.69, 9.17) is 5.11 Å². The minimum Gasteiger partial charge on any atom is -0.480 e. The van der Waals surface area contributed by atoms with Crippen LogP contribution in [0.4, 0.5) is 4.79 Å². The van der Waals surface area contributed by atoms with Gasteiger partial charge in [-0.05, 0) is 24.1 Å². The third-order valence-corrected chi connectivity index (χ3v) is 2.85. The maximum Gasteiger partial charge on any atom is 0.326 e. The standard InChI is InChI=1S/C12H15BrN2O3/c1-2-10(11(16)17)15-12(18)14-7-8-4-3-5-9(13)6-8/h3-6,10H,2,7H2,1H3,(H,16,17)(H2,14,15,18)/t10-/m0/s1. The summed E-state index contributed by atoms with van der Waals surface area (Å²) in [6, 6.07) is 6.18. The number of amides is 2. The second kappa shape index (κ2) is 7.00. The number of hydrogen-bond donors (Lipinski definition) is 3. The van der Waals surface area contributed by atoms with Gasteiger partial charge in [0.15, 0.2) is 0 Å². The van der Waals surface area contributed by atoms with Crippen molar-refractivity contribution in [2.24, 2.45) is 0 Å². The van der Waals surface area contributed by atoms with Crippen molar-refractivity contribution in [1.29, 1.82) is 0 Å². The van der Waals surface area contributed by atoms with E-state index in [1.54, 1.807) is 6.92 Å². The van der Waals surface area contributed by atoms with Crippen LogP contribution in [-0.2, 0) is 11.3 Å². The van der Waals surface area contributed by atoms with Crippen LogP contribution in [0.3, 0.4) is 0 Å². The number of carbonyl (C=O) groups excluding carboxylic acids is 1. The van der Waals surface area contributed by atoms with Gasteiger partial charge in [0.2, 0.25) is 0 Å². The summed E-state index contributed by atoms with van der Waals surface area (Å²) in [7, 11) is 0. The molecule has 1 atom stereocenters. The van der Waals surface area contributed by atoms with Crippen LogP contribution in [0.5, 0.6) is 0 Å². The van der Waals surface area contributed by atoms with Gasteiger partial charge in [-0.15, -0.1) is 0 Å². The molecule has 0 aromatic heterocycles. The van der Waals surface area contributed by atoms with E-state index in [1.165, 1.54) is 0 Å². The molecule has 0 aliphatic heterocycles. The number of urea groups is 1. The molecule has 1 aromatic rings. The second-order valence-corrected chi connectivity index (χ2v) is 4.67. The average molecular weight is 315 g/mol. The van der Waals surface area contributed by atoms with Crippen molar-refractivity contribution in [3.05, 3.63) is 34.3 Å². The first kappa shape index (κ1) is 14.5. The normalized spacial score (nSPS) is 11.7. The molecule has 1 aromatic carbocycles. The molecule has 0 heterocycles. The van der Waals surface area contributed by atoms with Gasteiger partial charge in [-0.2, -0.15) is 0 Å². The first-order chi connectivity index (χ1) is 8.52. The molecule has 0 aliphatic carbocycles. The van der Waals surface area contributed by atoms with E-state index in [-0.39, 0.29) is 0 Å². The second-order valence-electron chi connectivity index (χ2n) is 3.76. The summed E-state index contributed by atoms with van der Waals surface area (Å²) in [6.07, 6.45) is 0.347. The molecular formula is C12H15BrN2O3. The molecule has 2 amide bonds. The van der Waals surface area contributed by atoms with Gasteiger partial charge in [-0.3, -0.25) is 0 Å². The van der Waals surface area contributed by atoms with Gasteiger partial charge in [-0.1, -0.05) is 35.0 Å². The van der Waals surface area contributed by atoms with Crippen molar-refractivity contribution < 1.29 is 14.7 Å². The number of rotatable bonds is 5. The van der Waals surface area contributed by atoms with E-state index in [0.717, 1.165) is 10.0 Å². The van der Waals surface area contributed by atoms with E-state index in [2.05, 4.69) is 26.6 Å². The lowest BCUT2D eigenvalue weighted by Gasteiger charge is -2.13. The number of carboxylic acid groups (broad SMARTS) is 1. The fraction of sp³-hybridized carbons (Fsp3) is 0.333. The third-order valence-electron chi connectivity index (χ3n) is 2.35. The molecule has 18 heavy (non-hydrogen) atoms. The number of hydrogen-bond acceptors (Lipinski definition) is 2. The van der Waals surface area contributed by atoms with Crippen molar-refractivity contribution in [3.63, 3.8) is 0 Å². The van der Waals surface area contributed by atoms with Gasteiger partial charge in [-0.25, -0.2) is 9.59 Å². The van der Waals surface area contributed by atoms with E-state index in [9.17, 15) is 9.59 Å². The van der Waals surface area contributed by atoms with Crippen molar-refractivity contribution in [1.82, 2.24) is 10.6 Å². The Bertz CT molecular complexity index is 437. The molecule has 1 rings (SSSR count). The Kier molecular flexibility index (Phi) is 5.64. The number of nitrogens with one attached hydrogen (secondary N) is 2. The molecule has 6 heteroatoms. The van der Waals surface area contributed by atoms with Crippen LogP contribution >= 0.6 is 15.9 Å². The zero-order valence-electron chi connectivity index (χ0n) is 9.94. The molecule has 5 nitrogen and oxygen atoms in total. The SMILES string of the molecule is CC[C@H](NC(=O)NCc1cccc(Br)c1)C(=O)O. The van der Waals surface area contributed by atoms with Crippen LogP contribution in [0.15, 0.2) is 28.7 Å². The molecule has 0 radical (unpaired) electrons. The number of halogens is 1. The van der Waals surface area contributed by atoms with E-state index >= 15 is 0 Å². The molecule has 0 unspecified atom stereocenters. The van der Waals surface area contributed by atoms with Gasteiger partial charge in [0.1, 0.15) is 6.04 Å². The molecule has 0 aliphatic rings. The van der Waals surface area contributed by atoms with Gasteiger partial charge >= 0.3 is 12.0 Å². The van der Waals surface area contributed by atoms with Crippen LogP contribution < -0.4 is 10.6 Å². The van der Waals surface area contributed by atoms with Gasteiger partial charge < -0.3 is 15.7 Å². The Morgan fingerprint density at radius 2 is 2.17 bits per heavy atom. The number of carbonyl (C=O) groups is 2. The lowest BCUT2D eigenvalue weighted by molar-refractivity contribution is -0.139. The number of carboxylic acids is 1. The quantitative estimate of drug-likeness (QED) is 0.779. The van der Waals surface area contributed by atoms with Crippen LogP contribution in [0.2, 0.25) is 0 Å². The van der Waals surface area contributed by atoms with Gasteiger partial charge in [0.25, 0.3) is 0 Å². The lowest BCUT2D eigenvalue weighted by Crippen LogP contribution is -2.45. The summed E-state index contributed by atoms with van der Waals surface area (Å²) in [5.41, 5.74) is 0.933. The minimum atomic E-state index is -1.03. The molecule has 0 spiro atoms. The Balaban J connectivity index is 2.44. The van der Waals surface area contributed by atoms with Crippen molar-refractivity contribution in [2.45, 2.75) is 25.9 Å². The third kappa shape index (κ3) is 4.75. The zero-order chi connectivity index (χ0) is 13.5. The van der Waals surface area contributed by atoms with Crippen LogP contribution in [-0.4, -0.2) is 23.1 Å². The Morgan fingerprint density at radius 3 is 2.72 bits per heavy atom. The van der Waals surface area contributed by atoms with Crippen molar-refractivity contribution in [3.8, 4) is 0 Å². The first-order valence-corrected chi connectivity index (χ1v) is 6.34. The molecule has 0 saturated heterocycles. The minimum absolute atomic E-state index is 0.347. The fourth-order valence-corrected chi connectivity index (χ4v) is 1.82. The first-order valence-electron chi connectivity index (χ1n) is 5.54. The van der Waals surface area contributed by atoms with Gasteiger partial charge in [0.05, 0.1) is 0 Å². The summed E-state index contributed by atoms with van der Waals surface area (Å²) in [5.74, 6) is -1.03. The maximum absolute atomic E-state index is 11.5. The Hall–Kier alpha value is -1.56. The largest absolute Gasteiger partial charge is 0.480 e. The highest BCUT2D eigenvalue weighted by Crippen LogP contribution is 2.11. The lowest BCUT2D eigenvalue weighted by atomic mass is 10.2. The highest BCUT2D eigenvalue weighted by Gasteiger charge is 2.16. The topological polar surface area (TPSA) is 78.4 Å². The van der Waals surface area contributed by atoms with E-state index in [0.29, 0.717) is 13.0 Å². The summed E-state index contributed by atoms with van der Waals surface area (Å²) >= 11 is 3.33. The van der Waals surface area contributed by atoms with Crippen LogP contribution in [0.1, 0.15) is 18.9 Å². The number of aliphatic carboxylic acids is 1. The molecule has 0 fully saturated rings. The highest BCUT2D eigenvalue weighted by molar-refractivity contribution is 9.10. The van der Waals surface area contributed by atoms with Crippen LogP contribution in [0.25, 0.3) is 0 Å². The van der Waals surface area contributed by atoms with Crippen LogP contribution in [0, 0.1) is 0 Å². The highest BCUT2D eigenvalue weighted by atomic mass is 79.9. The predicted octanol–water partition coefficient (Wildman–Crippen LogP) is 2.11. The monoisotopic (exact) mass is 314 g/mol. The summed E-state index contributed by atoms with van der Waals surface area (Å²) < 4.78 is 0.930. The molecular weight excluding hydrogens is 300 g/mol. The summed E-state index contributed by atoms with van der Waals surface area (Å²) in [4.78, 5) is 22.2. The number of benzene rings is 1. The summed E-state index contributed by atoms with van der Waals surface area (Å²) in [5, 5.41) is 13.8. The zero-order valence-corrected chi connectivity index (χ0v) is 11.5. The molecule has 3 N–H and O–H groups in total. The summed E-state index contributed by atoms with van der Waals surface area (Å²) in [6.45, 7) is 2.05. The fourth-order valence-electron chi connectivity index (χ4n) is 1.38. The van der Waals surface area contributed by atoms with E-state index in [1.807, 2.05) is 24.3 Å². The van der Waals surface area contributed by atoms with E-state index < -0.39 is 18.0 Å². The predicted molar refractivity (Wildman–Crippen MR) is 71.2 cm³/mol. The van der Waals surface area contributed by atoms with Gasteiger partial charge in [0, 0.05) is 11.0 Å². The molecule has 0 bridgehead atoms. The molecule has 0 saturated carbocycles. The Labute approximate surface area is 114 Å². The average Bonchev–Trinajstić information content (AvgIpc) is 2.33. The Morgan fingerprint density at radius 1 is 1.44 bits per heavy atom. The molecule has 98 valence electrons.